The number of carboxylic acids is 1. The van der Waals surface area contributed by atoms with Crippen molar-refractivity contribution in [1.29, 1.82) is 0 Å². The summed E-state index contributed by atoms with van der Waals surface area (Å²) in [6.07, 6.45) is 1.76. The van der Waals surface area contributed by atoms with Crippen LogP contribution in [0.3, 0.4) is 0 Å². The minimum Gasteiger partial charge on any atom is -0.480 e. The number of aliphatic carboxylic acids is 1. The minimum absolute atomic E-state index is 0.0425. The molecular formula is C11H19NO4. The molecule has 0 saturated heterocycles. The smallest absolute Gasteiger partial charge is 0.323 e. The molecular weight excluding hydrogens is 210 g/mol. The van der Waals surface area contributed by atoms with Crippen LogP contribution < -0.4 is 5.32 Å². The number of rotatable bonds is 7. The Morgan fingerprint density at radius 1 is 1.50 bits per heavy atom. The van der Waals surface area contributed by atoms with E-state index in [0.717, 1.165) is 0 Å². The van der Waals surface area contributed by atoms with Crippen molar-refractivity contribution in [3.63, 3.8) is 0 Å². The first kappa shape index (κ1) is 14.6. The van der Waals surface area contributed by atoms with Crippen LogP contribution in [0.4, 0.5) is 0 Å². The molecule has 0 bridgehead atoms. The fourth-order valence-corrected chi connectivity index (χ4v) is 1.28. The highest BCUT2D eigenvalue weighted by molar-refractivity contribution is 5.78. The normalized spacial score (nSPS) is 14.2. The van der Waals surface area contributed by atoms with Crippen molar-refractivity contribution >= 4 is 11.9 Å². The molecule has 0 heterocycles. The average Bonchev–Trinajstić information content (AvgIpc) is 2.22. The Morgan fingerprint density at radius 2 is 2.06 bits per heavy atom. The molecule has 0 aliphatic rings. The number of nitrogens with one attached hydrogen (secondary N) is 1. The third kappa shape index (κ3) is 4.44. The highest BCUT2D eigenvalue weighted by Crippen LogP contribution is 2.06. The predicted octanol–water partition coefficient (Wildman–Crippen LogP) is 0.803. The second-order valence-electron chi connectivity index (χ2n) is 3.83. The van der Waals surface area contributed by atoms with E-state index in [4.69, 9.17) is 5.11 Å². The van der Waals surface area contributed by atoms with E-state index in [1.165, 1.54) is 13.2 Å². The second-order valence-corrected chi connectivity index (χ2v) is 3.83. The molecule has 0 aromatic heterocycles. The Labute approximate surface area is 95.5 Å². The number of methoxy groups -OCH3 is 1. The first-order valence-electron chi connectivity index (χ1n) is 5.11. The van der Waals surface area contributed by atoms with Gasteiger partial charge in [-0.1, -0.05) is 19.9 Å². The van der Waals surface area contributed by atoms with Crippen molar-refractivity contribution in [3.8, 4) is 0 Å². The van der Waals surface area contributed by atoms with Crippen LogP contribution in [0.2, 0.25) is 0 Å². The number of carbonyl (C=O) groups is 2. The zero-order valence-electron chi connectivity index (χ0n) is 9.90. The van der Waals surface area contributed by atoms with Gasteiger partial charge in [-0.2, -0.15) is 0 Å². The molecule has 2 N–H and O–H groups in total. The number of carboxylic acid groups (broad SMARTS) is 1. The zero-order valence-corrected chi connectivity index (χ0v) is 9.90. The molecule has 2 atom stereocenters. The standard InChI is InChI=1S/C11H19NO4/c1-5-6-8(10(13)14)12-9(7(2)3)11(15)16-4/h5,7-9,12H,1,6H2,2-4H3,(H,13,14)/t8-,9-/m0/s1. The largest absolute Gasteiger partial charge is 0.480 e. The molecule has 0 rings (SSSR count). The van der Waals surface area contributed by atoms with Crippen molar-refractivity contribution in [3.05, 3.63) is 12.7 Å². The minimum atomic E-state index is -1.01. The maximum absolute atomic E-state index is 11.4. The molecule has 0 spiro atoms. The second kappa shape index (κ2) is 7.00. The topological polar surface area (TPSA) is 75.6 Å². The predicted molar refractivity (Wildman–Crippen MR) is 60.0 cm³/mol. The molecule has 0 radical (unpaired) electrons. The number of esters is 1. The molecule has 5 heteroatoms. The number of hydrogen-bond donors (Lipinski definition) is 2. The highest BCUT2D eigenvalue weighted by Gasteiger charge is 2.28. The Balaban J connectivity index is 4.63. The van der Waals surface area contributed by atoms with Crippen LogP contribution in [-0.4, -0.2) is 36.2 Å². The van der Waals surface area contributed by atoms with E-state index in [1.807, 2.05) is 13.8 Å². The van der Waals surface area contributed by atoms with E-state index in [1.54, 1.807) is 0 Å². The summed E-state index contributed by atoms with van der Waals surface area (Å²) in [4.78, 5) is 22.3. The van der Waals surface area contributed by atoms with Gasteiger partial charge in [-0.15, -0.1) is 6.58 Å². The van der Waals surface area contributed by atoms with Crippen LogP contribution in [0.25, 0.3) is 0 Å². The van der Waals surface area contributed by atoms with Crippen molar-refractivity contribution in [2.45, 2.75) is 32.4 Å². The summed E-state index contributed by atoms with van der Waals surface area (Å²) in [5.74, 6) is -1.50. The average molecular weight is 229 g/mol. The summed E-state index contributed by atoms with van der Waals surface area (Å²) < 4.78 is 4.61. The summed E-state index contributed by atoms with van der Waals surface area (Å²) >= 11 is 0. The first-order chi connectivity index (χ1) is 7.43. The lowest BCUT2D eigenvalue weighted by Crippen LogP contribution is -2.49. The third-order valence-corrected chi connectivity index (χ3v) is 2.20. The molecule has 5 nitrogen and oxygen atoms in total. The maximum Gasteiger partial charge on any atom is 0.323 e. The lowest BCUT2D eigenvalue weighted by atomic mass is 10.0. The highest BCUT2D eigenvalue weighted by atomic mass is 16.5. The lowest BCUT2D eigenvalue weighted by molar-refractivity contribution is -0.146. The monoisotopic (exact) mass is 229 g/mol. The van der Waals surface area contributed by atoms with Crippen LogP contribution in [0.15, 0.2) is 12.7 Å². The van der Waals surface area contributed by atoms with E-state index in [0.29, 0.717) is 0 Å². The molecule has 0 fully saturated rings. The van der Waals surface area contributed by atoms with Crippen molar-refractivity contribution in [1.82, 2.24) is 5.32 Å². The van der Waals surface area contributed by atoms with Gasteiger partial charge < -0.3 is 9.84 Å². The van der Waals surface area contributed by atoms with Gasteiger partial charge in [0.1, 0.15) is 12.1 Å². The molecule has 92 valence electrons. The SMILES string of the molecule is C=CC[C@H](N[C@H](C(=O)OC)C(C)C)C(=O)O. The van der Waals surface area contributed by atoms with E-state index in [9.17, 15) is 9.59 Å². The molecule has 0 unspecified atom stereocenters. The van der Waals surface area contributed by atoms with E-state index in [-0.39, 0.29) is 12.3 Å². The zero-order chi connectivity index (χ0) is 12.7. The van der Waals surface area contributed by atoms with E-state index >= 15 is 0 Å². The molecule has 0 amide bonds. The van der Waals surface area contributed by atoms with Crippen molar-refractivity contribution in [2.75, 3.05) is 7.11 Å². The van der Waals surface area contributed by atoms with Gasteiger partial charge in [0, 0.05) is 0 Å². The van der Waals surface area contributed by atoms with Gasteiger partial charge in [-0.3, -0.25) is 14.9 Å². The van der Waals surface area contributed by atoms with Gasteiger partial charge in [-0.05, 0) is 12.3 Å². The molecule has 0 aromatic carbocycles. The van der Waals surface area contributed by atoms with E-state index < -0.39 is 24.0 Å². The Kier molecular flexibility index (Phi) is 6.41. The molecule has 0 saturated carbocycles. The first-order valence-corrected chi connectivity index (χ1v) is 5.11. The Hall–Kier alpha value is -1.36. The summed E-state index contributed by atoms with van der Waals surface area (Å²) in [6.45, 7) is 7.12. The van der Waals surface area contributed by atoms with E-state index in [2.05, 4.69) is 16.6 Å². The summed E-state index contributed by atoms with van der Waals surface area (Å²) in [5, 5.41) is 11.7. The number of carbonyl (C=O) groups excluding carboxylic acids is 1. The van der Waals surface area contributed by atoms with Crippen LogP contribution in [-0.2, 0) is 14.3 Å². The molecule has 0 aromatic rings. The maximum atomic E-state index is 11.4. The van der Waals surface area contributed by atoms with Crippen LogP contribution >= 0.6 is 0 Å². The van der Waals surface area contributed by atoms with Gasteiger partial charge in [0.25, 0.3) is 0 Å². The molecule has 16 heavy (non-hydrogen) atoms. The summed E-state index contributed by atoms with van der Waals surface area (Å²) in [5.41, 5.74) is 0. The molecule has 0 aliphatic carbocycles. The van der Waals surface area contributed by atoms with Gasteiger partial charge in [0.15, 0.2) is 0 Å². The quantitative estimate of drug-likeness (QED) is 0.499. The third-order valence-electron chi connectivity index (χ3n) is 2.20. The van der Waals surface area contributed by atoms with Gasteiger partial charge in [-0.25, -0.2) is 0 Å². The van der Waals surface area contributed by atoms with Crippen molar-refractivity contribution < 1.29 is 19.4 Å². The van der Waals surface area contributed by atoms with Crippen LogP contribution in [0.1, 0.15) is 20.3 Å². The van der Waals surface area contributed by atoms with Crippen LogP contribution in [0.5, 0.6) is 0 Å². The summed E-state index contributed by atoms with van der Waals surface area (Å²) in [7, 11) is 1.28. The van der Waals surface area contributed by atoms with Gasteiger partial charge in [0.05, 0.1) is 7.11 Å². The van der Waals surface area contributed by atoms with Crippen LogP contribution in [0, 0.1) is 5.92 Å². The number of ether oxygens (including phenoxy) is 1. The van der Waals surface area contributed by atoms with Gasteiger partial charge >= 0.3 is 11.9 Å². The molecule has 0 aliphatic heterocycles. The Bertz CT molecular complexity index is 263. The van der Waals surface area contributed by atoms with Crippen molar-refractivity contribution in [2.24, 2.45) is 5.92 Å². The number of hydrogen-bond acceptors (Lipinski definition) is 4. The fraction of sp³-hybridized carbons (Fsp3) is 0.636. The summed E-state index contributed by atoms with van der Waals surface area (Å²) in [6, 6.07) is -1.44. The fourth-order valence-electron chi connectivity index (χ4n) is 1.28. The lowest BCUT2D eigenvalue weighted by Gasteiger charge is -2.23. The van der Waals surface area contributed by atoms with Gasteiger partial charge in [0.2, 0.25) is 0 Å². The Morgan fingerprint density at radius 3 is 2.38 bits per heavy atom.